The van der Waals surface area contributed by atoms with Gasteiger partial charge in [0.1, 0.15) is 12.1 Å². The highest BCUT2D eigenvalue weighted by atomic mass is 16.2. The van der Waals surface area contributed by atoms with Gasteiger partial charge in [-0.1, -0.05) is 81.4 Å². The topological polar surface area (TPSA) is 73.0 Å². The van der Waals surface area contributed by atoms with E-state index in [9.17, 15) is 14.4 Å². The maximum Gasteiger partial charge on any atom is 0.253 e. The fraction of sp³-hybridized carbons (Fsp3) is 0.364. The van der Waals surface area contributed by atoms with E-state index in [0.29, 0.717) is 44.7 Å². The van der Waals surface area contributed by atoms with Crippen molar-refractivity contribution < 1.29 is 14.4 Å². The van der Waals surface area contributed by atoms with Crippen LogP contribution in [0.1, 0.15) is 55.1 Å². The molecule has 0 atom stereocenters. The molecule has 3 aromatic rings. The van der Waals surface area contributed by atoms with Gasteiger partial charge in [0, 0.05) is 30.9 Å². The first-order valence-corrected chi connectivity index (χ1v) is 14.0. The molecule has 2 saturated heterocycles. The molecule has 1 spiro atoms. The average Bonchev–Trinajstić information content (AvgIpc) is 3.23. The minimum atomic E-state index is -0.784. The van der Waals surface area contributed by atoms with Crippen LogP contribution in [-0.4, -0.2) is 59.4 Å². The van der Waals surface area contributed by atoms with Gasteiger partial charge in [-0.2, -0.15) is 0 Å². The van der Waals surface area contributed by atoms with Crippen LogP contribution in [-0.2, 0) is 21.5 Å². The molecular weight excluding hydrogens is 500 g/mol. The molecule has 5 rings (SSSR count). The van der Waals surface area contributed by atoms with Crippen molar-refractivity contribution >= 4 is 23.4 Å². The molecule has 3 aromatic carbocycles. The molecular formula is C33H38N4O3. The highest BCUT2D eigenvalue weighted by Gasteiger charge is 2.54. The van der Waals surface area contributed by atoms with Gasteiger partial charge < -0.3 is 20.0 Å². The molecule has 0 unspecified atom stereocenters. The second kappa shape index (κ2) is 11.2. The first-order chi connectivity index (χ1) is 19.2. The maximum atomic E-state index is 14.0. The van der Waals surface area contributed by atoms with Crippen molar-refractivity contribution in [3.63, 3.8) is 0 Å². The van der Waals surface area contributed by atoms with E-state index in [1.807, 2.05) is 89.8 Å². The zero-order valence-electron chi connectivity index (χ0n) is 23.6. The predicted molar refractivity (Wildman–Crippen MR) is 157 cm³/mol. The minimum absolute atomic E-state index is 0.000475. The molecule has 2 aliphatic heterocycles. The number of carbonyl (C=O) groups is 3. The third kappa shape index (κ3) is 5.60. The van der Waals surface area contributed by atoms with Crippen molar-refractivity contribution in [1.29, 1.82) is 0 Å². The fourth-order valence-electron chi connectivity index (χ4n) is 5.72. The second-order valence-electron chi connectivity index (χ2n) is 11.8. The van der Waals surface area contributed by atoms with Gasteiger partial charge in [-0.3, -0.25) is 14.4 Å². The molecule has 0 bridgehead atoms. The van der Waals surface area contributed by atoms with E-state index < -0.39 is 5.54 Å². The zero-order chi connectivity index (χ0) is 28.3. The van der Waals surface area contributed by atoms with Crippen LogP contribution in [0.2, 0.25) is 0 Å². The van der Waals surface area contributed by atoms with Crippen LogP contribution in [0, 0.1) is 0 Å². The molecule has 2 aliphatic rings. The number of rotatable bonds is 6. The molecule has 0 aliphatic carbocycles. The first-order valence-electron chi connectivity index (χ1n) is 14.0. The number of anilines is 1. The normalized spacial score (nSPS) is 16.9. The lowest BCUT2D eigenvalue weighted by atomic mass is 9.84. The summed E-state index contributed by atoms with van der Waals surface area (Å²) >= 11 is 0. The standard InChI is InChI=1S/C33H38N4O3/c1-32(2,3)27-16-14-26(15-17-27)30(39)35-20-18-33(19-21-35)31(40)36(24-37(33)28-12-8-5-9-13-28)23-29(38)34-22-25-10-6-4-7-11-25/h4-17H,18-24H2,1-3H3,(H,34,38). The zero-order valence-corrected chi connectivity index (χ0v) is 23.6. The van der Waals surface area contributed by atoms with Gasteiger partial charge in [-0.05, 0) is 53.6 Å². The Morgan fingerprint density at radius 1 is 0.850 bits per heavy atom. The Labute approximate surface area is 236 Å². The van der Waals surface area contributed by atoms with Crippen molar-refractivity contribution in [2.75, 3.05) is 31.2 Å². The number of carbonyl (C=O) groups excluding carboxylic acids is 3. The Bertz CT molecular complexity index is 1340. The lowest BCUT2D eigenvalue weighted by Crippen LogP contribution is -2.57. The summed E-state index contributed by atoms with van der Waals surface area (Å²) in [5.41, 5.74) is 3.04. The van der Waals surface area contributed by atoms with Gasteiger partial charge in [0.15, 0.2) is 0 Å². The second-order valence-corrected chi connectivity index (χ2v) is 11.8. The Morgan fingerprint density at radius 2 is 1.45 bits per heavy atom. The van der Waals surface area contributed by atoms with E-state index in [0.717, 1.165) is 11.3 Å². The van der Waals surface area contributed by atoms with Crippen LogP contribution in [0.25, 0.3) is 0 Å². The van der Waals surface area contributed by atoms with Gasteiger partial charge in [0.25, 0.3) is 11.8 Å². The lowest BCUT2D eigenvalue weighted by molar-refractivity contribution is -0.137. The summed E-state index contributed by atoms with van der Waals surface area (Å²) in [6, 6.07) is 27.5. The fourth-order valence-corrected chi connectivity index (χ4v) is 5.72. The summed E-state index contributed by atoms with van der Waals surface area (Å²) in [5.74, 6) is -0.245. The van der Waals surface area contributed by atoms with E-state index in [-0.39, 0.29) is 29.7 Å². The molecule has 2 heterocycles. The SMILES string of the molecule is CC(C)(C)c1ccc(C(=O)N2CCC3(CC2)C(=O)N(CC(=O)NCc2ccccc2)CN3c2ccccc2)cc1. The van der Waals surface area contributed by atoms with Crippen LogP contribution in [0.3, 0.4) is 0 Å². The number of likely N-dealkylation sites (tertiary alicyclic amines) is 1. The Morgan fingerprint density at radius 3 is 2.05 bits per heavy atom. The van der Waals surface area contributed by atoms with Crippen molar-refractivity contribution in [3.05, 3.63) is 102 Å². The largest absolute Gasteiger partial charge is 0.350 e. The van der Waals surface area contributed by atoms with Crippen LogP contribution < -0.4 is 10.2 Å². The highest BCUT2D eigenvalue weighted by molar-refractivity contribution is 5.97. The maximum absolute atomic E-state index is 14.0. The molecule has 0 saturated carbocycles. The van der Waals surface area contributed by atoms with Gasteiger partial charge in [0.05, 0.1) is 6.67 Å². The number of amides is 3. The number of nitrogens with one attached hydrogen (secondary N) is 1. The summed E-state index contributed by atoms with van der Waals surface area (Å²) in [6.45, 7) is 8.17. The van der Waals surface area contributed by atoms with Crippen LogP contribution in [0.4, 0.5) is 5.69 Å². The van der Waals surface area contributed by atoms with E-state index in [2.05, 4.69) is 31.0 Å². The molecule has 0 radical (unpaired) electrons. The molecule has 7 heteroatoms. The van der Waals surface area contributed by atoms with Crippen molar-refractivity contribution in [2.45, 2.75) is 51.1 Å². The Balaban J connectivity index is 1.29. The molecule has 0 aromatic heterocycles. The predicted octanol–water partition coefficient (Wildman–Crippen LogP) is 4.58. The van der Waals surface area contributed by atoms with Gasteiger partial charge in [-0.25, -0.2) is 0 Å². The van der Waals surface area contributed by atoms with E-state index >= 15 is 0 Å². The molecule has 2 fully saturated rings. The van der Waals surface area contributed by atoms with Gasteiger partial charge >= 0.3 is 0 Å². The first kappa shape index (κ1) is 27.4. The van der Waals surface area contributed by atoms with Gasteiger partial charge in [0.2, 0.25) is 5.91 Å². The smallest absolute Gasteiger partial charge is 0.253 e. The number of hydrogen-bond acceptors (Lipinski definition) is 4. The van der Waals surface area contributed by atoms with Crippen molar-refractivity contribution in [1.82, 2.24) is 15.1 Å². The highest BCUT2D eigenvalue weighted by Crippen LogP contribution is 2.39. The molecule has 7 nitrogen and oxygen atoms in total. The summed E-state index contributed by atoms with van der Waals surface area (Å²) in [4.78, 5) is 45.8. The summed E-state index contributed by atoms with van der Waals surface area (Å²) < 4.78 is 0. The number of hydrogen-bond donors (Lipinski definition) is 1. The van der Waals surface area contributed by atoms with E-state index in [1.54, 1.807) is 4.90 Å². The average molecular weight is 539 g/mol. The monoisotopic (exact) mass is 538 g/mol. The van der Waals surface area contributed by atoms with Crippen LogP contribution >= 0.6 is 0 Å². The third-order valence-electron chi connectivity index (χ3n) is 8.12. The van der Waals surface area contributed by atoms with Gasteiger partial charge in [-0.15, -0.1) is 0 Å². The van der Waals surface area contributed by atoms with Crippen molar-refractivity contribution in [3.8, 4) is 0 Å². The molecule has 1 N–H and O–H groups in total. The van der Waals surface area contributed by atoms with Crippen LogP contribution in [0.5, 0.6) is 0 Å². The molecule has 40 heavy (non-hydrogen) atoms. The number of benzene rings is 3. The summed E-state index contributed by atoms with van der Waals surface area (Å²) in [7, 11) is 0. The molecule has 3 amide bonds. The minimum Gasteiger partial charge on any atom is -0.350 e. The Hall–Kier alpha value is -4.13. The third-order valence-corrected chi connectivity index (χ3v) is 8.12. The Kier molecular flexibility index (Phi) is 7.66. The van der Waals surface area contributed by atoms with Crippen molar-refractivity contribution in [2.24, 2.45) is 0 Å². The lowest BCUT2D eigenvalue weighted by Gasteiger charge is -2.43. The number of para-hydroxylation sites is 1. The summed E-state index contributed by atoms with van der Waals surface area (Å²) in [6.07, 6.45) is 1.02. The van der Waals surface area contributed by atoms with Crippen LogP contribution in [0.15, 0.2) is 84.9 Å². The summed E-state index contributed by atoms with van der Waals surface area (Å²) in [5, 5.41) is 2.94. The number of piperidine rings is 1. The molecule has 208 valence electrons. The quantitative estimate of drug-likeness (QED) is 0.499. The van der Waals surface area contributed by atoms with E-state index in [4.69, 9.17) is 0 Å². The van der Waals surface area contributed by atoms with E-state index in [1.165, 1.54) is 5.56 Å². The number of nitrogens with zero attached hydrogens (tertiary/aromatic N) is 3.